The van der Waals surface area contributed by atoms with Crippen molar-refractivity contribution in [3.05, 3.63) is 11.6 Å². The number of rotatable bonds is 3. The maximum Gasteiger partial charge on any atom is 0.331 e. The number of nitrogens with zero attached hydrogens (tertiary/aromatic N) is 1. The molecule has 3 N–H and O–H groups in total. The SMILES string of the molecule is CC(=O)OC1CC[C@]2(C=NO)C3CC[C@]4(C)C(C5=CC(=O)OC5)CCC4(O)C3CCC2(O)C1. The first-order chi connectivity index (χ1) is 15.6. The van der Waals surface area contributed by atoms with Gasteiger partial charge in [0, 0.05) is 30.3 Å². The molecule has 0 amide bonds. The van der Waals surface area contributed by atoms with Crippen molar-refractivity contribution in [1.82, 2.24) is 0 Å². The van der Waals surface area contributed by atoms with E-state index >= 15 is 0 Å². The minimum Gasteiger partial charge on any atom is -0.462 e. The van der Waals surface area contributed by atoms with Crippen molar-refractivity contribution >= 4 is 18.2 Å². The molecule has 182 valence electrons. The standard InChI is InChI=1S/C25H35NO7/c1-15(27)33-17-3-8-23(14-26-31)19-4-7-22(2)18(16-11-21(28)32-13-16)6-10-25(22,30)20(19)5-9-24(23,29)12-17/h11,14,17-20,29-31H,3-10,12-13H2,1-2H3/t17?,18?,19?,20?,22-,23+,24?,25?/m1/s1. The molecule has 0 saturated heterocycles. The number of cyclic esters (lactones) is 1. The third kappa shape index (κ3) is 3.05. The molecule has 5 aliphatic rings. The van der Waals surface area contributed by atoms with Crippen LogP contribution in [0.4, 0.5) is 0 Å². The van der Waals surface area contributed by atoms with E-state index in [1.165, 1.54) is 13.1 Å². The van der Waals surface area contributed by atoms with Crippen molar-refractivity contribution in [3.63, 3.8) is 0 Å². The largest absolute Gasteiger partial charge is 0.462 e. The molecule has 1 heterocycles. The monoisotopic (exact) mass is 461 g/mol. The molecule has 0 aromatic carbocycles. The first kappa shape index (κ1) is 22.8. The Bertz CT molecular complexity index is 916. The Hall–Kier alpha value is -1.93. The Morgan fingerprint density at radius 2 is 1.91 bits per heavy atom. The van der Waals surface area contributed by atoms with Crippen LogP contribution in [-0.4, -0.2) is 57.5 Å². The number of carbonyl (C=O) groups is 2. The lowest BCUT2D eigenvalue weighted by Gasteiger charge is -2.65. The molecule has 0 aromatic heterocycles. The molecule has 8 heteroatoms. The zero-order valence-corrected chi connectivity index (χ0v) is 19.5. The maximum absolute atomic E-state index is 12.3. The van der Waals surface area contributed by atoms with E-state index < -0.39 is 16.6 Å². The van der Waals surface area contributed by atoms with E-state index in [0.717, 1.165) is 24.8 Å². The van der Waals surface area contributed by atoms with Gasteiger partial charge in [-0.3, -0.25) is 4.79 Å². The van der Waals surface area contributed by atoms with E-state index in [9.17, 15) is 25.0 Å². The van der Waals surface area contributed by atoms with E-state index in [-0.39, 0.29) is 41.2 Å². The number of hydrogen-bond acceptors (Lipinski definition) is 8. The summed E-state index contributed by atoms with van der Waals surface area (Å²) in [7, 11) is 0. The molecule has 6 unspecified atom stereocenters. The van der Waals surface area contributed by atoms with Crippen molar-refractivity contribution in [2.45, 2.75) is 88.9 Å². The lowest BCUT2D eigenvalue weighted by molar-refractivity contribution is -0.239. The highest BCUT2D eigenvalue weighted by atomic mass is 16.5. The van der Waals surface area contributed by atoms with Crippen molar-refractivity contribution < 1.29 is 34.5 Å². The van der Waals surface area contributed by atoms with E-state index in [4.69, 9.17) is 9.47 Å². The first-order valence-electron chi connectivity index (χ1n) is 12.3. The molecule has 8 nitrogen and oxygen atoms in total. The van der Waals surface area contributed by atoms with Crippen LogP contribution in [0.3, 0.4) is 0 Å². The van der Waals surface area contributed by atoms with Crippen LogP contribution < -0.4 is 0 Å². The van der Waals surface area contributed by atoms with Crippen LogP contribution in [0.15, 0.2) is 16.8 Å². The second-order valence-corrected chi connectivity index (χ2v) is 11.3. The quantitative estimate of drug-likeness (QED) is 0.255. The number of esters is 2. The average Bonchev–Trinajstić information content (AvgIpc) is 3.28. The minimum absolute atomic E-state index is 0.0438. The van der Waals surface area contributed by atoms with Gasteiger partial charge in [-0.05, 0) is 74.7 Å². The highest BCUT2D eigenvalue weighted by Crippen LogP contribution is 2.70. The number of oxime groups is 1. The van der Waals surface area contributed by atoms with Crippen LogP contribution in [-0.2, 0) is 19.1 Å². The van der Waals surface area contributed by atoms with Gasteiger partial charge in [0.15, 0.2) is 0 Å². The van der Waals surface area contributed by atoms with Crippen molar-refractivity contribution in [2.24, 2.45) is 33.7 Å². The Morgan fingerprint density at radius 3 is 2.58 bits per heavy atom. The molecule has 33 heavy (non-hydrogen) atoms. The fourth-order valence-electron chi connectivity index (χ4n) is 8.78. The normalized spacial score (nSPS) is 49.1. The van der Waals surface area contributed by atoms with Crippen molar-refractivity contribution in [2.75, 3.05) is 6.61 Å². The van der Waals surface area contributed by atoms with Gasteiger partial charge in [-0.1, -0.05) is 6.92 Å². The zero-order chi connectivity index (χ0) is 23.6. The zero-order valence-electron chi connectivity index (χ0n) is 19.5. The first-order valence-corrected chi connectivity index (χ1v) is 12.3. The molecule has 5 rings (SSSR count). The molecule has 4 fully saturated rings. The highest BCUT2D eigenvalue weighted by molar-refractivity contribution is 5.85. The minimum atomic E-state index is -1.16. The summed E-state index contributed by atoms with van der Waals surface area (Å²) in [5, 5.41) is 37.2. The van der Waals surface area contributed by atoms with Gasteiger partial charge < -0.3 is 24.9 Å². The Labute approximate surface area is 194 Å². The number of aliphatic hydroxyl groups is 2. The van der Waals surface area contributed by atoms with Gasteiger partial charge in [-0.25, -0.2) is 4.79 Å². The third-order valence-electron chi connectivity index (χ3n) is 10.2. The smallest absolute Gasteiger partial charge is 0.331 e. The molecule has 4 aliphatic carbocycles. The van der Waals surface area contributed by atoms with Crippen LogP contribution in [0.5, 0.6) is 0 Å². The summed E-state index contributed by atoms with van der Waals surface area (Å²) < 4.78 is 10.6. The Kier molecular flexibility index (Phi) is 5.22. The molecule has 0 aromatic rings. The molecule has 8 atom stereocenters. The van der Waals surface area contributed by atoms with Gasteiger partial charge in [-0.15, -0.1) is 5.16 Å². The number of hydrogen-bond donors (Lipinski definition) is 3. The number of ether oxygens (including phenoxy) is 2. The van der Waals surface area contributed by atoms with Crippen LogP contribution >= 0.6 is 0 Å². The van der Waals surface area contributed by atoms with E-state index in [1.54, 1.807) is 6.08 Å². The van der Waals surface area contributed by atoms with Crippen molar-refractivity contribution in [3.8, 4) is 0 Å². The summed E-state index contributed by atoms with van der Waals surface area (Å²) in [6.45, 7) is 3.84. The summed E-state index contributed by atoms with van der Waals surface area (Å²) in [4.78, 5) is 23.3. The van der Waals surface area contributed by atoms with Gasteiger partial charge in [0.05, 0.1) is 17.4 Å². The molecule has 0 spiro atoms. The van der Waals surface area contributed by atoms with E-state index in [0.29, 0.717) is 45.1 Å². The van der Waals surface area contributed by atoms with Gasteiger partial charge in [-0.2, -0.15) is 0 Å². The van der Waals surface area contributed by atoms with Gasteiger partial charge in [0.1, 0.15) is 12.7 Å². The lowest BCUT2D eigenvalue weighted by Crippen LogP contribution is -2.69. The summed E-state index contributed by atoms with van der Waals surface area (Å²) in [5.74, 6) is -0.661. The molecule has 0 bridgehead atoms. The number of carbonyl (C=O) groups excluding carboxylic acids is 2. The lowest BCUT2D eigenvalue weighted by atomic mass is 9.41. The maximum atomic E-state index is 12.3. The third-order valence-corrected chi connectivity index (χ3v) is 10.2. The fraction of sp³-hybridized carbons (Fsp3) is 0.800. The van der Waals surface area contributed by atoms with Crippen LogP contribution in [0.25, 0.3) is 0 Å². The molecule has 1 aliphatic heterocycles. The molecule has 0 radical (unpaired) electrons. The summed E-state index contributed by atoms with van der Waals surface area (Å²) in [5.41, 5.74) is -2.26. The van der Waals surface area contributed by atoms with Crippen LogP contribution in [0.2, 0.25) is 0 Å². The van der Waals surface area contributed by atoms with E-state index in [1.807, 2.05) is 0 Å². The van der Waals surface area contributed by atoms with E-state index in [2.05, 4.69) is 12.1 Å². The Morgan fingerprint density at radius 1 is 1.15 bits per heavy atom. The summed E-state index contributed by atoms with van der Waals surface area (Å²) in [6.07, 6.45) is 8.28. The topological polar surface area (TPSA) is 126 Å². The predicted octanol–water partition coefficient (Wildman–Crippen LogP) is 2.73. The highest BCUT2D eigenvalue weighted by Gasteiger charge is 2.71. The summed E-state index contributed by atoms with van der Waals surface area (Å²) in [6, 6.07) is 0. The van der Waals surface area contributed by atoms with Gasteiger partial charge in [0.2, 0.25) is 0 Å². The van der Waals surface area contributed by atoms with Crippen LogP contribution in [0.1, 0.15) is 71.6 Å². The second kappa shape index (κ2) is 7.54. The Balaban J connectivity index is 1.48. The van der Waals surface area contributed by atoms with Crippen molar-refractivity contribution in [1.29, 1.82) is 0 Å². The molecular weight excluding hydrogens is 426 g/mol. The summed E-state index contributed by atoms with van der Waals surface area (Å²) >= 11 is 0. The van der Waals surface area contributed by atoms with Crippen LogP contribution in [0, 0.1) is 28.6 Å². The second-order valence-electron chi connectivity index (χ2n) is 11.3. The fourth-order valence-corrected chi connectivity index (χ4v) is 8.78. The average molecular weight is 462 g/mol. The molecular formula is C25H35NO7. The predicted molar refractivity (Wildman–Crippen MR) is 117 cm³/mol. The van der Waals surface area contributed by atoms with Gasteiger partial charge in [0.25, 0.3) is 0 Å². The van der Waals surface area contributed by atoms with Gasteiger partial charge >= 0.3 is 11.9 Å². The number of fused-ring (bicyclic) bond motifs is 5. The molecule has 4 saturated carbocycles.